The molecule has 368 valence electrons. The van der Waals surface area contributed by atoms with E-state index in [1.54, 1.807) is 0 Å². The van der Waals surface area contributed by atoms with Gasteiger partial charge in [-0.15, -0.1) is 0 Å². The predicted molar refractivity (Wildman–Crippen MR) is 279 cm³/mol. The van der Waals surface area contributed by atoms with Gasteiger partial charge in [-0.05, 0) is 109 Å². The average Bonchev–Trinajstić information content (AvgIpc) is 3.30. The van der Waals surface area contributed by atoms with Gasteiger partial charge >= 0.3 is 17.9 Å². The quantitative estimate of drug-likeness (QED) is 0.0262. The van der Waals surface area contributed by atoms with Crippen LogP contribution in [0.3, 0.4) is 0 Å². The maximum absolute atomic E-state index is 12.8. The largest absolute Gasteiger partial charge is 0.462 e. The van der Waals surface area contributed by atoms with Gasteiger partial charge in [0, 0.05) is 19.3 Å². The summed E-state index contributed by atoms with van der Waals surface area (Å²) in [4.78, 5) is 38.0. The lowest BCUT2D eigenvalue weighted by atomic mass is 10.1. The molecule has 1 atom stereocenters. The highest BCUT2D eigenvalue weighted by molar-refractivity contribution is 5.71. The molecule has 6 heteroatoms. The van der Waals surface area contributed by atoms with Crippen LogP contribution >= 0.6 is 0 Å². The van der Waals surface area contributed by atoms with Crippen LogP contribution < -0.4 is 0 Å². The summed E-state index contributed by atoms with van der Waals surface area (Å²) in [5, 5.41) is 0. The van der Waals surface area contributed by atoms with E-state index in [2.05, 4.69) is 118 Å². The lowest BCUT2D eigenvalue weighted by Gasteiger charge is -2.18. The molecule has 0 aromatic carbocycles. The molecule has 0 aliphatic rings. The van der Waals surface area contributed by atoms with Crippen molar-refractivity contribution >= 4 is 17.9 Å². The fraction of sp³-hybridized carbons (Fsp3) is 0.644. The molecule has 0 saturated carbocycles. The Labute approximate surface area is 400 Å². The van der Waals surface area contributed by atoms with Gasteiger partial charge in [-0.25, -0.2) is 0 Å². The number of rotatable bonds is 46. The van der Waals surface area contributed by atoms with Crippen molar-refractivity contribution in [3.63, 3.8) is 0 Å². The minimum absolute atomic E-state index is 0.111. The van der Waals surface area contributed by atoms with Gasteiger partial charge in [0.2, 0.25) is 0 Å². The molecule has 0 N–H and O–H groups in total. The third-order valence-corrected chi connectivity index (χ3v) is 10.7. The van der Waals surface area contributed by atoms with Crippen LogP contribution in [0.4, 0.5) is 0 Å². The lowest BCUT2D eigenvalue weighted by Crippen LogP contribution is -2.30. The van der Waals surface area contributed by atoms with Crippen LogP contribution in [0.2, 0.25) is 0 Å². The number of allylic oxidation sites excluding steroid dienone is 18. The first-order valence-corrected chi connectivity index (χ1v) is 26.4. The van der Waals surface area contributed by atoms with E-state index in [1.165, 1.54) is 77.0 Å². The molecule has 0 rings (SSSR count). The first-order chi connectivity index (χ1) is 32.0. The summed E-state index contributed by atoms with van der Waals surface area (Å²) in [6.07, 6.45) is 70.8. The van der Waals surface area contributed by atoms with Crippen molar-refractivity contribution in [2.45, 2.75) is 232 Å². The first kappa shape index (κ1) is 61.1. The molecular formula is C59H96O6. The summed E-state index contributed by atoms with van der Waals surface area (Å²) in [5.74, 6) is -1.02. The molecule has 0 radical (unpaired) electrons. The Morgan fingerprint density at radius 2 is 0.646 bits per heavy atom. The monoisotopic (exact) mass is 901 g/mol. The van der Waals surface area contributed by atoms with Crippen LogP contribution in [0.25, 0.3) is 0 Å². The van der Waals surface area contributed by atoms with E-state index in [0.29, 0.717) is 19.3 Å². The second-order valence-corrected chi connectivity index (χ2v) is 17.0. The minimum atomic E-state index is -0.817. The van der Waals surface area contributed by atoms with Gasteiger partial charge in [0.1, 0.15) is 13.2 Å². The highest BCUT2D eigenvalue weighted by atomic mass is 16.6. The zero-order chi connectivity index (χ0) is 47.2. The van der Waals surface area contributed by atoms with E-state index in [0.717, 1.165) is 103 Å². The van der Waals surface area contributed by atoms with Gasteiger partial charge in [-0.2, -0.15) is 0 Å². The summed E-state index contributed by atoms with van der Waals surface area (Å²) >= 11 is 0. The Balaban J connectivity index is 4.51. The van der Waals surface area contributed by atoms with Crippen LogP contribution in [-0.2, 0) is 28.6 Å². The van der Waals surface area contributed by atoms with Crippen molar-refractivity contribution in [1.29, 1.82) is 0 Å². The van der Waals surface area contributed by atoms with Gasteiger partial charge in [0.15, 0.2) is 6.10 Å². The van der Waals surface area contributed by atoms with Crippen molar-refractivity contribution < 1.29 is 28.6 Å². The number of carbonyl (C=O) groups excluding carboxylic acids is 3. The third-order valence-electron chi connectivity index (χ3n) is 10.7. The molecule has 0 aromatic heterocycles. The van der Waals surface area contributed by atoms with Crippen molar-refractivity contribution in [3.05, 3.63) is 109 Å². The minimum Gasteiger partial charge on any atom is -0.462 e. The average molecular weight is 901 g/mol. The van der Waals surface area contributed by atoms with Crippen LogP contribution in [0, 0.1) is 0 Å². The molecule has 0 saturated heterocycles. The van der Waals surface area contributed by atoms with E-state index in [1.807, 2.05) is 12.2 Å². The van der Waals surface area contributed by atoms with Gasteiger partial charge in [0.25, 0.3) is 0 Å². The smallest absolute Gasteiger partial charge is 0.306 e. The van der Waals surface area contributed by atoms with E-state index < -0.39 is 6.10 Å². The van der Waals surface area contributed by atoms with E-state index in [-0.39, 0.29) is 37.5 Å². The van der Waals surface area contributed by atoms with Gasteiger partial charge in [0.05, 0.1) is 0 Å². The summed E-state index contributed by atoms with van der Waals surface area (Å²) in [6.45, 7) is 6.37. The lowest BCUT2D eigenvalue weighted by molar-refractivity contribution is -0.166. The van der Waals surface area contributed by atoms with Crippen molar-refractivity contribution in [3.8, 4) is 0 Å². The highest BCUT2D eigenvalue weighted by Gasteiger charge is 2.19. The third kappa shape index (κ3) is 50.9. The predicted octanol–water partition coefficient (Wildman–Crippen LogP) is 17.5. The van der Waals surface area contributed by atoms with E-state index in [9.17, 15) is 14.4 Å². The topological polar surface area (TPSA) is 78.9 Å². The Hall–Kier alpha value is -3.93. The Bertz CT molecular complexity index is 1360. The second-order valence-electron chi connectivity index (χ2n) is 17.0. The number of carbonyl (C=O) groups is 3. The van der Waals surface area contributed by atoms with Crippen LogP contribution in [0.1, 0.15) is 226 Å². The van der Waals surface area contributed by atoms with Crippen LogP contribution in [-0.4, -0.2) is 37.2 Å². The SMILES string of the molecule is CC/C=C\C/C=C\C/C=C\C/C=C\C/C=C\C/C=C\CCC(=O)OCC(COC(=O)CCCCCCC/C=C\CCCC)OC(=O)CCCCCCCCC/C=C\C/C=C\CCCCC. The van der Waals surface area contributed by atoms with Crippen molar-refractivity contribution in [2.75, 3.05) is 13.2 Å². The summed E-state index contributed by atoms with van der Waals surface area (Å²) in [7, 11) is 0. The summed E-state index contributed by atoms with van der Waals surface area (Å²) in [6, 6.07) is 0. The molecule has 1 unspecified atom stereocenters. The summed E-state index contributed by atoms with van der Waals surface area (Å²) < 4.78 is 16.7. The fourth-order valence-corrected chi connectivity index (χ4v) is 6.77. The van der Waals surface area contributed by atoms with Crippen LogP contribution in [0.5, 0.6) is 0 Å². The number of unbranched alkanes of at least 4 members (excludes halogenated alkanes) is 17. The summed E-state index contributed by atoms with van der Waals surface area (Å²) in [5.41, 5.74) is 0. The Morgan fingerprint density at radius 3 is 1.09 bits per heavy atom. The van der Waals surface area contributed by atoms with Crippen molar-refractivity contribution in [1.82, 2.24) is 0 Å². The molecule has 0 fully saturated rings. The van der Waals surface area contributed by atoms with Gasteiger partial charge in [-0.3, -0.25) is 14.4 Å². The number of ether oxygens (including phenoxy) is 3. The molecule has 0 spiro atoms. The maximum atomic E-state index is 12.8. The molecule has 0 aliphatic heterocycles. The molecule has 0 aliphatic carbocycles. The van der Waals surface area contributed by atoms with Gasteiger partial charge < -0.3 is 14.2 Å². The Morgan fingerprint density at radius 1 is 0.323 bits per heavy atom. The molecule has 0 bridgehead atoms. The molecule has 0 heterocycles. The molecular weight excluding hydrogens is 805 g/mol. The second kappa shape index (κ2) is 52.7. The van der Waals surface area contributed by atoms with E-state index >= 15 is 0 Å². The standard InChI is InChI=1S/C59H96O6/c1-4-7-10-13-16-19-22-24-26-28-29-31-32-34-37-40-43-46-49-52-58(61)64-55-56(54-63-57(60)51-48-45-42-39-36-21-18-15-12-9-6-3)65-59(62)53-50-47-44-41-38-35-33-30-27-25-23-20-17-14-11-8-5-2/h7,10,15-20,24-27,29,31,34,37,43,46,56H,4-6,8-9,11-14,21-23,28,30,32-33,35-36,38-42,44-45,47-55H2,1-3H3/b10-7-,18-15-,19-16-,20-17-,26-24-,27-25-,31-29-,37-34-,46-43-. The van der Waals surface area contributed by atoms with E-state index in [4.69, 9.17) is 14.2 Å². The highest BCUT2D eigenvalue weighted by Crippen LogP contribution is 2.13. The number of esters is 3. The van der Waals surface area contributed by atoms with Gasteiger partial charge in [-0.1, -0.05) is 207 Å². The molecule has 0 aromatic rings. The van der Waals surface area contributed by atoms with Crippen molar-refractivity contribution in [2.24, 2.45) is 0 Å². The molecule has 65 heavy (non-hydrogen) atoms. The zero-order valence-electron chi connectivity index (χ0n) is 42.0. The fourth-order valence-electron chi connectivity index (χ4n) is 6.77. The molecule has 6 nitrogen and oxygen atoms in total. The molecule has 0 amide bonds. The Kier molecular flexibility index (Phi) is 49.5. The maximum Gasteiger partial charge on any atom is 0.306 e. The number of hydrogen-bond acceptors (Lipinski definition) is 6. The first-order valence-electron chi connectivity index (χ1n) is 26.4. The normalized spacial score (nSPS) is 13.0. The zero-order valence-corrected chi connectivity index (χ0v) is 42.0. The van der Waals surface area contributed by atoms with Crippen LogP contribution in [0.15, 0.2) is 109 Å². The number of hydrogen-bond donors (Lipinski definition) is 0.